The van der Waals surface area contributed by atoms with Gasteiger partial charge in [-0.05, 0) is 17.4 Å². The van der Waals surface area contributed by atoms with Crippen LogP contribution in [0.4, 0.5) is 0 Å². The van der Waals surface area contributed by atoms with Crippen molar-refractivity contribution < 1.29 is 34.2 Å². The molecule has 0 saturated carbocycles. The van der Waals surface area contributed by atoms with Crippen LogP contribution in [0.25, 0.3) is 0 Å². The van der Waals surface area contributed by atoms with E-state index in [4.69, 9.17) is 10.8 Å². The van der Waals surface area contributed by atoms with Crippen LogP contribution in [0.2, 0.25) is 0 Å². The van der Waals surface area contributed by atoms with Crippen molar-refractivity contribution in [1.29, 1.82) is 0 Å². The quantitative estimate of drug-likeness (QED) is 0.226. The first kappa shape index (κ1) is 28.6. The van der Waals surface area contributed by atoms with Gasteiger partial charge in [-0.2, -0.15) is 0 Å². The second-order valence-corrected chi connectivity index (χ2v) is 8.75. The maximum Gasteiger partial charge on any atom is 0.326 e. The van der Waals surface area contributed by atoms with Crippen molar-refractivity contribution in [2.45, 2.75) is 64.7 Å². The summed E-state index contributed by atoms with van der Waals surface area (Å²) < 4.78 is 0. The number of carbonyl (C=O) groups excluding carboxylic acids is 3. The molecular formula is C23H34N4O7. The highest BCUT2D eigenvalue weighted by Gasteiger charge is 2.33. The van der Waals surface area contributed by atoms with Gasteiger partial charge in [-0.25, -0.2) is 4.79 Å². The lowest BCUT2D eigenvalue weighted by Crippen LogP contribution is -2.59. The molecule has 11 heteroatoms. The Bertz CT molecular complexity index is 873. The maximum absolute atomic E-state index is 13.1. The van der Waals surface area contributed by atoms with Crippen LogP contribution in [0, 0.1) is 11.8 Å². The molecule has 0 aliphatic heterocycles. The van der Waals surface area contributed by atoms with E-state index >= 15 is 0 Å². The van der Waals surface area contributed by atoms with E-state index in [0.717, 1.165) is 0 Å². The van der Waals surface area contributed by atoms with Crippen molar-refractivity contribution in [2.75, 3.05) is 0 Å². The van der Waals surface area contributed by atoms with Crippen LogP contribution in [-0.4, -0.2) is 64.0 Å². The number of hydrogen-bond donors (Lipinski definition) is 6. The zero-order chi connectivity index (χ0) is 26.0. The lowest BCUT2D eigenvalue weighted by atomic mass is 9.99. The van der Waals surface area contributed by atoms with Gasteiger partial charge in [0.2, 0.25) is 17.7 Å². The minimum atomic E-state index is -1.37. The lowest BCUT2D eigenvalue weighted by molar-refractivity contribution is -0.143. The Labute approximate surface area is 198 Å². The second-order valence-electron chi connectivity index (χ2n) is 8.75. The highest BCUT2D eigenvalue weighted by atomic mass is 16.4. The summed E-state index contributed by atoms with van der Waals surface area (Å²) in [4.78, 5) is 60.7. The first-order chi connectivity index (χ1) is 15.8. The fraction of sp³-hybridized carbons (Fsp3) is 0.522. The zero-order valence-electron chi connectivity index (χ0n) is 19.8. The third-order valence-corrected chi connectivity index (χ3v) is 5.12. The number of amides is 3. The first-order valence-corrected chi connectivity index (χ1v) is 11.0. The molecular weight excluding hydrogens is 444 g/mol. The van der Waals surface area contributed by atoms with Gasteiger partial charge in [-0.1, -0.05) is 58.0 Å². The van der Waals surface area contributed by atoms with Gasteiger partial charge < -0.3 is 31.9 Å². The molecule has 34 heavy (non-hydrogen) atoms. The largest absolute Gasteiger partial charge is 0.481 e. The van der Waals surface area contributed by atoms with Crippen molar-refractivity contribution in [2.24, 2.45) is 17.6 Å². The molecule has 4 atom stereocenters. The molecule has 188 valence electrons. The SMILES string of the molecule is CC(C)C(NC(=O)C(NC(=O)C(Cc1ccccc1)NC(=O)C(N)CC(=O)O)C(C)C)C(=O)O. The predicted octanol–water partition coefficient (Wildman–Crippen LogP) is -0.118. The number of carboxylic acids is 2. The molecule has 0 aromatic heterocycles. The lowest BCUT2D eigenvalue weighted by Gasteiger charge is -2.28. The average Bonchev–Trinajstić information content (AvgIpc) is 2.74. The Balaban J connectivity index is 3.08. The summed E-state index contributed by atoms with van der Waals surface area (Å²) in [5.74, 6) is -5.42. The van der Waals surface area contributed by atoms with Gasteiger partial charge >= 0.3 is 11.9 Å². The Morgan fingerprint density at radius 1 is 0.794 bits per heavy atom. The molecule has 0 aliphatic rings. The number of carboxylic acid groups (broad SMARTS) is 2. The number of nitrogens with one attached hydrogen (secondary N) is 3. The smallest absolute Gasteiger partial charge is 0.326 e. The van der Waals surface area contributed by atoms with E-state index in [1.807, 2.05) is 0 Å². The second kappa shape index (κ2) is 13.3. The summed E-state index contributed by atoms with van der Waals surface area (Å²) in [6, 6.07) is 4.06. The molecule has 0 saturated heterocycles. The Morgan fingerprint density at radius 3 is 1.79 bits per heavy atom. The minimum Gasteiger partial charge on any atom is -0.481 e. The third-order valence-electron chi connectivity index (χ3n) is 5.12. The highest BCUT2D eigenvalue weighted by Crippen LogP contribution is 2.09. The van der Waals surface area contributed by atoms with E-state index in [1.54, 1.807) is 58.0 Å². The standard InChI is InChI=1S/C23H34N4O7/c1-12(2)18(22(32)27-19(13(3)4)23(33)34)26-21(31)16(10-14-8-6-5-7-9-14)25-20(30)15(24)11-17(28)29/h5-9,12-13,15-16,18-19H,10-11,24H2,1-4H3,(H,25,30)(H,26,31)(H,27,32)(H,28,29)(H,33,34). The number of benzene rings is 1. The van der Waals surface area contributed by atoms with Crippen LogP contribution >= 0.6 is 0 Å². The Hall–Kier alpha value is -3.47. The normalized spacial score (nSPS) is 14.6. The van der Waals surface area contributed by atoms with Crippen LogP contribution in [-0.2, 0) is 30.4 Å². The summed E-state index contributed by atoms with van der Waals surface area (Å²) in [7, 11) is 0. The molecule has 0 aliphatic carbocycles. The predicted molar refractivity (Wildman–Crippen MR) is 123 cm³/mol. The third kappa shape index (κ3) is 9.18. The van der Waals surface area contributed by atoms with E-state index in [-0.39, 0.29) is 12.3 Å². The number of hydrogen-bond acceptors (Lipinski definition) is 6. The number of aliphatic carboxylic acids is 2. The Kier molecular flexibility index (Phi) is 11.2. The molecule has 0 fully saturated rings. The summed E-state index contributed by atoms with van der Waals surface area (Å²) >= 11 is 0. The number of rotatable bonds is 13. The monoisotopic (exact) mass is 478 g/mol. The fourth-order valence-corrected chi connectivity index (χ4v) is 3.16. The van der Waals surface area contributed by atoms with Crippen molar-refractivity contribution in [3.05, 3.63) is 35.9 Å². The van der Waals surface area contributed by atoms with E-state index in [1.165, 1.54) is 0 Å². The first-order valence-electron chi connectivity index (χ1n) is 11.0. The van der Waals surface area contributed by atoms with Gasteiger partial charge in [0.05, 0.1) is 12.5 Å². The summed E-state index contributed by atoms with van der Waals surface area (Å²) in [6.45, 7) is 6.66. The van der Waals surface area contributed by atoms with Crippen LogP contribution in [0.1, 0.15) is 39.7 Å². The Morgan fingerprint density at radius 2 is 1.32 bits per heavy atom. The van der Waals surface area contributed by atoms with Gasteiger partial charge in [0.1, 0.15) is 18.1 Å². The van der Waals surface area contributed by atoms with E-state index in [0.29, 0.717) is 5.56 Å². The summed E-state index contributed by atoms with van der Waals surface area (Å²) in [5.41, 5.74) is 6.34. The topological polar surface area (TPSA) is 188 Å². The van der Waals surface area contributed by atoms with E-state index < -0.39 is 66.2 Å². The molecule has 0 bridgehead atoms. The van der Waals surface area contributed by atoms with Crippen LogP contribution in [0.5, 0.6) is 0 Å². The number of nitrogens with two attached hydrogens (primary N) is 1. The number of carbonyl (C=O) groups is 5. The van der Waals surface area contributed by atoms with Crippen LogP contribution < -0.4 is 21.7 Å². The minimum absolute atomic E-state index is 0.0639. The van der Waals surface area contributed by atoms with E-state index in [2.05, 4.69) is 16.0 Å². The molecule has 7 N–H and O–H groups in total. The maximum atomic E-state index is 13.1. The summed E-state index contributed by atoms with van der Waals surface area (Å²) in [6.07, 6.45) is -0.553. The molecule has 0 spiro atoms. The van der Waals surface area contributed by atoms with Crippen LogP contribution in [0.3, 0.4) is 0 Å². The van der Waals surface area contributed by atoms with Crippen molar-refractivity contribution in [3.63, 3.8) is 0 Å². The highest BCUT2D eigenvalue weighted by molar-refractivity contribution is 5.95. The van der Waals surface area contributed by atoms with Gasteiger partial charge in [0, 0.05) is 6.42 Å². The molecule has 0 heterocycles. The molecule has 11 nitrogen and oxygen atoms in total. The fourth-order valence-electron chi connectivity index (χ4n) is 3.16. The van der Waals surface area contributed by atoms with Crippen molar-refractivity contribution in [3.8, 4) is 0 Å². The van der Waals surface area contributed by atoms with Crippen LogP contribution in [0.15, 0.2) is 30.3 Å². The molecule has 1 rings (SSSR count). The van der Waals surface area contributed by atoms with Gasteiger partial charge in [0.25, 0.3) is 0 Å². The molecule has 4 unspecified atom stereocenters. The van der Waals surface area contributed by atoms with Crippen molar-refractivity contribution in [1.82, 2.24) is 16.0 Å². The van der Waals surface area contributed by atoms with Gasteiger partial charge in [-0.15, -0.1) is 0 Å². The molecule has 1 aromatic carbocycles. The average molecular weight is 479 g/mol. The van der Waals surface area contributed by atoms with Gasteiger partial charge in [-0.3, -0.25) is 19.2 Å². The summed E-state index contributed by atoms with van der Waals surface area (Å²) in [5, 5.41) is 25.7. The van der Waals surface area contributed by atoms with Gasteiger partial charge in [0.15, 0.2) is 0 Å². The molecule has 3 amide bonds. The molecule has 1 aromatic rings. The van der Waals surface area contributed by atoms with E-state index in [9.17, 15) is 29.1 Å². The van der Waals surface area contributed by atoms with Crippen molar-refractivity contribution >= 4 is 29.7 Å². The molecule has 0 radical (unpaired) electrons. The zero-order valence-corrected chi connectivity index (χ0v) is 19.8.